The van der Waals surface area contributed by atoms with Gasteiger partial charge in [-0.15, -0.1) is 0 Å². The van der Waals surface area contributed by atoms with Gasteiger partial charge in [-0.05, 0) is 24.3 Å². The van der Waals surface area contributed by atoms with E-state index < -0.39 is 15.8 Å². The molecule has 2 aromatic rings. The number of aromatic nitrogens is 1. The van der Waals surface area contributed by atoms with Crippen LogP contribution in [0.5, 0.6) is 0 Å². The zero-order chi connectivity index (χ0) is 15.5. The Morgan fingerprint density at radius 3 is 2.43 bits per heavy atom. The molecule has 0 aliphatic heterocycles. The van der Waals surface area contributed by atoms with E-state index in [0.717, 1.165) is 6.26 Å². The van der Waals surface area contributed by atoms with Gasteiger partial charge < -0.3 is 5.11 Å². The molecular weight excluding hydrogens is 290 g/mol. The number of pyridine rings is 1. The van der Waals surface area contributed by atoms with Crippen molar-refractivity contribution in [2.24, 2.45) is 0 Å². The van der Waals surface area contributed by atoms with Crippen LogP contribution in [0.3, 0.4) is 0 Å². The van der Waals surface area contributed by atoms with Crippen molar-refractivity contribution >= 4 is 15.8 Å². The number of sulfone groups is 1. The largest absolute Gasteiger partial charge is 0.477 e. The molecular formula is C15H11NO4S. The van der Waals surface area contributed by atoms with Crippen LogP contribution in [-0.2, 0) is 9.84 Å². The van der Waals surface area contributed by atoms with Crippen molar-refractivity contribution in [1.29, 1.82) is 0 Å². The first-order valence-electron chi connectivity index (χ1n) is 5.88. The summed E-state index contributed by atoms with van der Waals surface area (Å²) in [5.41, 5.74) is 0.822. The molecule has 0 saturated heterocycles. The van der Waals surface area contributed by atoms with Gasteiger partial charge in [0.1, 0.15) is 5.69 Å². The molecule has 6 heteroatoms. The summed E-state index contributed by atoms with van der Waals surface area (Å²) in [5.74, 6) is 4.42. The first-order valence-corrected chi connectivity index (χ1v) is 7.77. The lowest BCUT2D eigenvalue weighted by atomic mass is 10.2. The van der Waals surface area contributed by atoms with Crippen molar-refractivity contribution in [2.45, 2.75) is 4.90 Å². The summed E-state index contributed by atoms with van der Waals surface area (Å²) in [5, 5.41) is 8.74. The van der Waals surface area contributed by atoms with Crippen LogP contribution in [0.15, 0.2) is 47.5 Å². The molecule has 0 aliphatic carbocycles. The average molecular weight is 301 g/mol. The van der Waals surface area contributed by atoms with Gasteiger partial charge in [-0.3, -0.25) is 0 Å². The fourth-order valence-corrected chi connectivity index (χ4v) is 2.47. The fourth-order valence-electron chi connectivity index (χ4n) is 1.63. The highest BCUT2D eigenvalue weighted by Crippen LogP contribution is 2.14. The van der Waals surface area contributed by atoms with Crippen LogP contribution < -0.4 is 0 Å². The number of carbonyl (C=O) groups is 1. The number of benzene rings is 1. The lowest BCUT2D eigenvalue weighted by Crippen LogP contribution is -2.00. The monoisotopic (exact) mass is 301 g/mol. The molecule has 0 spiro atoms. The molecule has 0 radical (unpaired) electrons. The summed E-state index contributed by atoms with van der Waals surface area (Å²) in [6.45, 7) is 0. The Hall–Kier alpha value is -2.65. The Bertz CT molecular complexity index is 843. The third kappa shape index (κ3) is 3.68. The molecule has 21 heavy (non-hydrogen) atoms. The Morgan fingerprint density at radius 1 is 1.14 bits per heavy atom. The number of hydrogen-bond acceptors (Lipinski definition) is 4. The van der Waals surface area contributed by atoms with E-state index in [4.69, 9.17) is 5.11 Å². The van der Waals surface area contributed by atoms with E-state index in [0.29, 0.717) is 11.1 Å². The second kappa shape index (κ2) is 5.77. The summed E-state index contributed by atoms with van der Waals surface area (Å²) in [4.78, 5) is 14.6. The fraction of sp³-hybridized carbons (Fsp3) is 0.0667. The van der Waals surface area contributed by atoms with Crippen LogP contribution in [-0.4, -0.2) is 30.7 Å². The molecule has 1 N–H and O–H groups in total. The molecule has 0 fully saturated rings. The van der Waals surface area contributed by atoms with Gasteiger partial charge in [-0.2, -0.15) is 0 Å². The van der Waals surface area contributed by atoms with Gasteiger partial charge in [0.15, 0.2) is 9.84 Å². The highest BCUT2D eigenvalue weighted by atomic mass is 32.2. The minimum absolute atomic E-state index is 0.0721. The van der Waals surface area contributed by atoms with Gasteiger partial charge in [0.2, 0.25) is 0 Å². The molecule has 0 aliphatic rings. The van der Waals surface area contributed by atoms with E-state index in [-0.39, 0.29) is 10.6 Å². The SMILES string of the molecule is CS(=O)(=O)c1ccccc1C#Cc1ccc(C(=O)O)nc1. The molecule has 5 nitrogen and oxygen atoms in total. The van der Waals surface area contributed by atoms with E-state index in [2.05, 4.69) is 16.8 Å². The summed E-state index contributed by atoms with van der Waals surface area (Å²) < 4.78 is 23.3. The minimum Gasteiger partial charge on any atom is -0.477 e. The molecule has 0 atom stereocenters. The van der Waals surface area contributed by atoms with E-state index in [1.165, 1.54) is 24.4 Å². The number of carboxylic acid groups (broad SMARTS) is 1. The van der Waals surface area contributed by atoms with Gasteiger partial charge in [-0.25, -0.2) is 18.2 Å². The average Bonchev–Trinajstić information content (AvgIpc) is 2.45. The highest BCUT2D eigenvalue weighted by Gasteiger charge is 2.10. The van der Waals surface area contributed by atoms with E-state index in [9.17, 15) is 13.2 Å². The van der Waals surface area contributed by atoms with Crippen LogP contribution in [0.1, 0.15) is 21.6 Å². The molecule has 0 amide bonds. The van der Waals surface area contributed by atoms with Crippen LogP contribution in [0, 0.1) is 11.8 Å². The Kier molecular flexibility index (Phi) is 4.05. The van der Waals surface area contributed by atoms with Crippen molar-refractivity contribution in [3.8, 4) is 11.8 Å². The molecule has 0 unspecified atom stereocenters. The Labute approximate surface area is 122 Å². The number of nitrogens with zero attached hydrogens (tertiary/aromatic N) is 1. The maximum Gasteiger partial charge on any atom is 0.354 e. The third-order valence-electron chi connectivity index (χ3n) is 2.61. The van der Waals surface area contributed by atoms with Crippen molar-refractivity contribution in [2.75, 3.05) is 6.26 Å². The molecule has 0 saturated carbocycles. The molecule has 1 aromatic carbocycles. The first kappa shape index (κ1) is 14.8. The lowest BCUT2D eigenvalue weighted by Gasteiger charge is -2.00. The summed E-state index contributed by atoms with van der Waals surface area (Å²) in [7, 11) is -3.35. The highest BCUT2D eigenvalue weighted by molar-refractivity contribution is 7.90. The molecule has 0 bridgehead atoms. The van der Waals surface area contributed by atoms with Crippen molar-refractivity contribution in [3.05, 3.63) is 59.4 Å². The Balaban J connectivity index is 2.38. The zero-order valence-corrected chi connectivity index (χ0v) is 11.9. The summed E-state index contributed by atoms with van der Waals surface area (Å²) in [6.07, 6.45) is 2.45. The molecule has 2 rings (SSSR count). The number of carboxylic acids is 1. The molecule has 106 valence electrons. The maximum absolute atomic E-state index is 11.6. The summed E-state index contributed by atoms with van der Waals surface area (Å²) >= 11 is 0. The van der Waals surface area contributed by atoms with Gasteiger partial charge in [0, 0.05) is 23.6 Å². The van der Waals surface area contributed by atoms with E-state index in [1.807, 2.05) is 0 Å². The molecule has 1 heterocycles. The summed E-state index contributed by atoms with van der Waals surface area (Å²) in [6, 6.07) is 9.30. The maximum atomic E-state index is 11.6. The standard InChI is InChI=1S/C15H11NO4S/c1-21(19,20)14-5-3-2-4-12(14)8-6-11-7-9-13(15(17)18)16-10-11/h2-5,7,9-10H,1H3,(H,17,18). The lowest BCUT2D eigenvalue weighted by molar-refractivity contribution is 0.0690. The van der Waals surface area contributed by atoms with Gasteiger partial charge >= 0.3 is 5.97 Å². The minimum atomic E-state index is -3.35. The van der Waals surface area contributed by atoms with Gasteiger partial charge in [0.25, 0.3) is 0 Å². The second-order valence-electron chi connectivity index (χ2n) is 4.26. The number of hydrogen-bond donors (Lipinski definition) is 1. The van der Waals surface area contributed by atoms with Gasteiger partial charge in [-0.1, -0.05) is 24.0 Å². The second-order valence-corrected chi connectivity index (χ2v) is 6.24. The number of rotatable bonds is 2. The Morgan fingerprint density at radius 2 is 1.86 bits per heavy atom. The van der Waals surface area contributed by atoms with Crippen molar-refractivity contribution in [1.82, 2.24) is 4.98 Å². The van der Waals surface area contributed by atoms with E-state index >= 15 is 0 Å². The van der Waals surface area contributed by atoms with Crippen LogP contribution >= 0.6 is 0 Å². The quantitative estimate of drug-likeness (QED) is 0.851. The predicted octanol–water partition coefficient (Wildman–Crippen LogP) is 1.58. The third-order valence-corrected chi connectivity index (χ3v) is 3.77. The van der Waals surface area contributed by atoms with Crippen molar-refractivity contribution < 1.29 is 18.3 Å². The van der Waals surface area contributed by atoms with Gasteiger partial charge in [0.05, 0.1) is 4.90 Å². The zero-order valence-electron chi connectivity index (χ0n) is 11.1. The van der Waals surface area contributed by atoms with Crippen LogP contribution in [0.25, 0.3) is 0 Å². The smallest absolute Gasteiger partial charge is 0.354 e. The molecule has 1 aromatic heterocycles. The van der Waals surface area contributed by atoms with Crippen LogP contribution in [0.4, 0.5) is 0 Å². The number of aromatic carboxylic acids is 1. The normalized spacial score (nSPS) is 10.5. The first-order chi connectivity index (χ1) is 9.88. The topological polar surface area (TPSA) is 84.3 Å². The predicted molar refractivity (Wildman–Crippen MR) is 76.7 cm³/mol. The van der Waals surface area contributed by atoms with E-state index in [1.54, 1.807) is 18.2 Å². The van der Waals surface area contributed by atoms with Crippen molar-refractivity contribution in [3.63, 3.8) is 0 Å². The van der Waals surface area contributed by atoms with Crippen LogP contribution in [0.2, 0.25) is 0 Å².